The molecule has 0 radical (unpaired) electrons. The summed E-state index contributed by atoms with van der Waals surface area (Å²) in [7, 11) is 1.57. The van der Waals surface area contributed by atoms with Crippen molar-refractivity contribution in [2.75, 3.05) is 32.7 Å². The van der Waals surface area contributed by atoms with Crippen LogP contribution in [0.3, 0.4) is 0 Å². The maximum absolute atomic E-state index is 10.8. The number of hydrogen-bond acceptors (Lipinski definition) is 6. The van der Waals surface area contributed by atoms with Gasteiger partial charge in [-0.3, -0.25) is 10.1 Å². The number of hydrogen-bond donors (Lipinski definition) is 1. The topological polar surface area (TPSA) is 81.8 Å². The Bertz CT molecular complexity index is 401. The monoisotopic (exact) mass is 287 g/mol. The zero-order valence-electron chi connectivity index (χ0n) is 10.7. The quantitative estimate of drug-likeness (QED) is 0.322. The third kappa shape index (κ3) is 6.02. The standard InChI is InChI=1S/C12H17NO5S/c1-17-6-7-18-8-10(14)9-19-12-5-3-2-4-11(12)13(15)16/h2-5,10,14H,6-9H2,1H3. The molecule has 0 aliphatic carbocycles. The van der Waals surface area contributed by atoms with Crippen LogP contribution >= 0.6 is 11.8 Å². The molecule has 0 fully saturated rings. The highest BCUT2D eigenvalue weighted by Gasteiger charge is 2.14. The number of ether oxygens (including phenoxy) is 2. The van der Waals surface area contributed by atoms with Crippen LogP contribution < -0.4 is 0 Å². The summed E-state index contributed by atoms with van der Waals surface area (Å²) in [6.45, 7) is 1.09. The summed E-state index contributed by atoms with van der Waals surface area (Å²) in [4.78, 5) is 10.9. The maximum atomic E-state index is 10.8. The van der Waals surface area contributed by atoms with Crippen LogP contribution in [0.4, 0.5) is 5.69 Å². The van der Waals surface area contributed by atoms with Gasteiger partial charge in [0.1, 0.15) is 0 Å². The van der Waals surface area contributed by atoms with Crippen LogP contribution in [0.25, 0.3) is 0 Å². The molecular weight excluding hydrogens is 270 g/mol. The highest BCUT2D eigenvalue weighted by atomic mass is 32.2. The van der Waals surface area contributed by atoms with E-state index in [4.69, 9.17) is 9.47 Å². The van der Waals surface area contributed by atoms with Gasteiger partial charge in [-0.25, -0.2) is 0 Å². The van der Waals surface area contributed by atoms with Crippen LogP contribution in [-0.4, -0.2) is 48.8 Å². The molecule has 1 atom stereocenters. The Morgan fingerprint density at radius 2 is 2.16 bits per heavy atom. The molecular formula is C12H17NO5S. The van der Waals surface area contributed by atoms with Crippen LogP contribution in [0.15, 0.2) is 29.2 Å². The van der Waals surface area contributed by atoms with E-state index >= 15 is 0 Å². The Morgan fingerprint density at radius 3 is 2.84 bits per heavy atom. The smallest absolute Gasteiger partial charge is 0.282 e. The number of nitro benzene ring substituents is 1. The number of aliphatic hydroxyl groups is 1. The molecule has 6 nitrogen and oxygen atoms in total. The first-order valence-electron chi connectivity index (χ1n) is 5.76. The zero-order valence-corrected chi connectivity index (χ0v) is 11.5. The lowest BCUT2D eigenvalue weighted by Crippen LogP contribution is -2.19. The van der Waals surface area contributed by atoms with Crippen molar-refractivity contribution in [1.29, 1.82) is 0 Å². The molecule has 106 valence electrons. The molecule has 0 saturated heterocycles. The fraction of sp³-hybridized carbons (Fsp3) is 0.500. The minimum absolute atomic E-state index is 0.0556. The summed E-state index contributed by atoms with van der Waals surface area (Å²) < 4.78 is 9.99. The third-order valence-corrected chi connectivity index (χ3v) is 3.44. The molecule has 0 bridgehead atoms. The van der Waals surface area contributed by atoms with Gasteiger partial charge in [-0.2, -0.15) is 0 Å². The largest absolute Gasteiger partial charge is 0.390 e. The summed E-state index contributed by atoms with van der Waals surface area (Å²) in [5.74, 6) is 0.345. The lowest BCUT2D eigenvalue weighted by molar-refractivity contribution is -0.387. The second-order valence-electron chi connectivity index (χ2n) is 3.76. The van der Waals surface area contributed by atoms with Gasteiger partial charge in [-0.15, -0.1) is 11.8 Å². The van der Waals surface area contributed by atoms with Crippen molar-refractivity contribution in [2.24, 2.45) is 0 Å². The maximum Gasteiger partial charge on any atom is 0.282 e. The van der Waals surface area contributed by atoms with Gasteiger partial charge in [0.25, 0.3) is 5.69 Å². The lowest BCUT2D eigenvalue weighted by Gasteiger charge is -2.10. The lowest BCUT2D eigenvalue weighted by atomic mass is 10.3. The predicted molar refractivity (Wildman–Crippen MR) is 72.5 cm³/mol. The molecule has 1 unspecified atom stereocenters. The molecule has 7 heteroatoms. The molecule has 1 aromatic rings. The van der Waals surface area contributed by atoms with Crippen molar-refractivity contribution >= 4 is 17.4 Å². The zero-order chi connectivity index (χ0) is 14.1. The molecule has 0 spiro atoms. The predicted octanol–water partition coefficient (Wildman–Crippen LogP) is 1.71. The van der Waals surface area contributed by atoms with E-state index in [1.54, 1.807) is 25.3 Å². The van der Waals surface area contributed by atoms with Crippen molar-refractivity contribution in [2.45, 2.75) is 11.0 Å². The van der Waals surface area contributed by atoms with E-state index in [1.807, 2.05) is 0 Å². The van der Waals surface area contributed by atoms with Crippen LogP contribution in [0.5, 0.6) is 0 Å². The number of para-hydroxylation sites is 1. The van der Waals surface area contributed by atoms with E-state index in [-0.39, 0.29) is 12.3 Å². The number of thioether (sulfide) groups is 1. The van der Waals surface area contributed by atoms with Crippen molar-refractivity contribution in [1.82, 2.24) is 0 Å². The van der Waals surface area contributed by atoms with Crippen molar-refractivity contribution in [3.05, 3.63) is 34.4 Å². The van der Waals surface area contributed by atoms with E-state index in [0.717, 1.165) is 0 Å². The minimum Gasteiger partial charge on any atom is -0.390 e. The summed E-state index contributed by atoms with van der Waals surface area (Å²) in [6, 6.07) is 6.47. The molecule has 19 heavy (non-hydrogen) atoms. The highest BCUT2D eigenvalue weighted by molar-refractivity contribution is 7.99. The van der Waals surface area contributed by atoms with E-state index < -0.39 is 11.0 Å². The van der Waals surface area contributed by atoms with E-state index in [1.165, 1.54) is 17.8 Å². The van der Waals surface area contributed by atoms with Crippen LogP contribution in [-0.2, 0) is 9.47 Å². The van der Waals surface area contributed by atoms with Gasteiger partial charge in [0, 0.05) is 18.9 Å². The van der Waals surface area contributed by atoms with Crippen LogP contribution in [0.2, 0.25) is 0 Å². The first kappa shape index (κ1) is 15.9. The minimum atomic E-state index is -0.665. The Kier molecular flexibility index (Phi) is 7.42. The summed E-state index contributed by atoms with van der Waals surface area (Å²) in [6.07, 6.45) is -0.665. The molecule has 1 N–H and O–H groups in total. The average Bonchev–Trinajstić information content (AvgIpc) is 2.41. The van der Waals surface area contributed by atoms with E-state index in [2.05, 4.69) is 0 Å². The van der Waals surface area contributed by atoms with Gasteiger partial charge >= 0.3 is 0 Å². The molecule has 0 heterocycles. The highest BCUT2D eigenvalue weighted by Crippen LogP contribution is 2.28. The van der Waals surface area contributed by atoms with Crippen molar-refractivity contribution < 1.29 is 19.5 Å². The van der Waals surface area contributed by atoms with E-state index in [9.17, 15) is 15.2 Å². The van der Waals surface area contributed by atoms with Gasteiger partial charge in [-0.05, 0) is 6.07 Å². The molecule has 0 amide bonds. The normalized spacial score (nSPS) is 12.3. The van der Waals surface area contributed by atoms with Crippen molar-refractivity contribution in [3.63, 3.8) is 0 Å². The molecule has 0 saturated carbocycles. The number of aliphatic hydroxyl groups excluding tert-OH is 1. The SMILES string of the molecule is COCCOCC(O)CSc1ccccc1[N+](=O)[O-]. The van der Waals surface area contributed by atoms with Gasteiger partial charge in [0.05, 0.1) is 35.7 Å². The summed E-state index contributed by atoms with van der Waals surface area (Å²) >= 11 is 1.24. The average molecular weight is 287 g/mol. The first-order valence-corrected chi connectivity index (χ1v) is 6.74. The molecule has 0 aliphatic heterocycles. The molecule has 0 aromatic heterocycles. The van der Waals surface area contributed by atoms with Gasteiger partial charge in [0.15, 0.2) is 0 Å². The fourth-order valence-electron chi connectivity index (χ4n) is 1.33. The van der Waals surface area contributed by atoms with E-state index in [0.29, 0.717) is 23.9 Å². The number of nitro groups is 1. The van der Waals surface area contributed by atoms with Crippen molar-refractivity contribution in [3.8, 4) is 0 Å². The number of rotatable bonds is 9. The van der Waals surface area contributed by atoms with Crippen LogP contribution in [0.1, 0.15) is 0 Å². The number of nitrogens with zero attached hydrogens (tertiary/aromatic N) is 1. The number of methoxy groups -OCH3 is 1. The molecule has 1 aromatic carbocycles. The molecule has 0 aliphatic rings. The number of benzene rings is 1. The van der Waals surface area contributed by atoms with Gasteiger partial charge < -0.3 is 14.6 Å². The Morgan fingerprint density at radius 1 is 1.42 bits per heavy atom. The Hall–Kier alpha value is -1.15. The summed E-state index contributed by atoms with van der Waals surface area (Å²) in [5.41, 5.74) is 0.0556. The fourth-order valence-corrected chi connectivity index (χ4v) is 2.26. The second kappa shape index (κ2) is 8.87. The van der Waals surface area contributed by atoms with Crippen LogP contribution in [0, 0.1) is 10.1 Å². The Labute approximate surface area is 115 Å². The van der Waals surface area contributed by atoms with Gasteiger partial charge in [0.2, 0.25) is 0 Å². The second-order valence-corrected chi connectivity index (χ2v) is 4.82. The first-order chi connectivity index (χ1) is 9.15. The van der Waals surface area contributed by atoms with Gasteiger partial charge in [-0.1, -0.05) is 12.1 Å². The molecule has 1 rings (SSSR count). The summed E-state index contributed by atoms with van der Waals surface area (Å²) in [5, 5.41) is 20.5. The third-order valence-electron chi connectivity index (χ3n) is 2.24. The Balaban J connectivity index is 2.37.